The van der Waals surface area contributed by atoms with Gasteiger partial charge in [-0.1, -0.05) is 44.2 Å². The van der Waals surface area contributed by atoms with Crippen molar-refractivity contribution in [2.24, 2.45) is 11.3 Å². The van der Waals surface area contributed by atoms with Crippen molar-refractivity contribution >= 4 is 35.0 Å². The number of halogens is 2. The van der Waals surface area contributed by atoms with Crippen molar-refractivity contribution in [2.45, 2.75) is 18.2 Å². The van der Waals surface area contributed by atoms with Crippen LogP contribution in [0, 0.1) is 11.3 Å². The summed E-state index contributed by atoms with van der Waals surface area (Å²) in [5.74, 6) is -0.926. The minimum absolute atomic E-state index is 0.101. The largest absolute Gasteiger partial charge is 0.462 e. The molecule has 1 saturated carbocycles. The third kappa shape index (κ3) is 3.30. The third-order valence-electron chi connectivity index (χ3n) is 3.91. The highest BCUT2D eigenvalue weighted by atomic mass is 35.5. The van der Waals surface area contributed by atoms with Crippen LogP contribution in [0.5, 0.6) is 0 Å². The van der Waals surface area contributed by atoms with Gasteiger partial charge in [0.15, 0.2) is 5.78 Å². The van der Waals surface area contributed by atoms with E-state index in [1.54, 1.807) is 24.3 Å². The molecule has 1 atom stereocenters. The Hall–Kier alpha value is -1.32. The minimum Gasteiger partial charge on any atom is -0.462 e. The van der Waals surface area contributed by atoms with Crippen molar-refractivity contribution in [2.75, 3.05) is 6.61 Å². The van der Waals surface area contributed by atoms with Crippen LogP contribution in [0.25, 0.3) is 0 Å². The fourth-order valence-electron chi connectivity index (χ4n) is 2.13. The zero-order valence-electron chi connectivity index (χ0n) is 11.8. The van der Waals surface area contributed by atoms with E-state index in [1.807, 2.05) is 19.9 Å². The highest BCUT2D eigenvalue weighted by molar-refractivity contribution is 6.51. The molecule has 1 aliphatic carbocycles. The van der Waals surface area contributed by atoms with Gasteiger partial charge >= 0.3 is 5.97 Å². The van der Waals surface area contributed by atoms with Crippen molar-refractivity contribution in [3.63, 3.8) is 0 Å². The summed E-state index contributed by atoms with van der Waals surface area (Å²) in [6, 6.07) is 8.70. The molecule has 0 spiro atoms. The number of alkyl halides is 2. The van der Waals surface area contributed by atoms with Gasteiger partial charge in [-0.15, -0.1) is 23.2 Å². The van der Waals surface area contributed by atoms with Gasteiger partial charge in [0.1, 0.15) is 4.33 Å². The number of hydrogen-bond acceptors (Lipinski definition) is 3. The second-order valence-electron chi connectivity index (χ2n) is 5.59. The quantitative estimate of drug-likeness (QED) is 0.358. The lowest BCUT2D eigenvalue weighted by atomic mass is 10.1. The molecule has 0 aromatic heterocycles. The summed E-state index contributed by atoms with van der Waals surface area (Å²) in [5.41, 5.74) is 0.241. The Morgan fingerprint density at radius 3 is 2.29 bits per heavy atom. The monoisotopic (exact) mass is 326 g/mol. The first kappa shape index (κ1) is 16.1. The highest BCUT2D eigenvalue weighted by Gasteiger charge is 2.70. The van der Waals surface area contributed by atoms with Gasteiger partial charge in [-0.3, -0.25) is 4.79 Å². The van der Waals surface area contributed by atoms with Crippen LogP contribution >= 0.6 is 23.2 Å². The van der Waals surface area contributed by atoms with Crippen LogP contribution in [0.15, 0.2) is 42.5 Å². The van der Waals surface area contributed by atoms with Crippen LogP contribution in [-0.2, 0) is 9.53 Å². The number of allylic oxidation sites excluding steroid dienone is 1. The summed E-state index contributed by atoms with van der Waals surface area (Å²) in [6.45, 7) is 3.98. The molecular weight excluding hydrogens is 311 g/mol. The molecule has 1 aliphatic rings. The standard InChI is InChI=1S/C16H16Cl2O3/c1-15(2)13(16(15,17)18)10-21-14(20)9-8-12(19)11-6-4-3-5-7-11/h3-9,13H,10H2,1-2H3. The maximum absolute atomic E-state index is 11.8. The number of carbonyl (C=O) groups is 2. The first-order valence-corrected chi connectivity index (χ1v) is 7.34. The van der Waals surface area contributed by atoms with Gasteiger partial charge in [-0.2, -0.15) is 0 Å². The SMILES string of the molecule is CC1(C)C(COC(=O)C=CC(=O)c2ccccc2)C1(Cl)Cl. The van der Waals surface area contributed by atoms with Crippen LogP contribution in [0.3, 0.4) is 0 Å². The topological polar surface area (TPSA) is 43.4 Å². The van der Waals surface area contributed by atoms with E-state index in [0.29, 0.717) is 5.56 Å². The van der Waals surface area contributed by atoms with Crippen molar-refractivity contribution in [3.8, 4) is 0 Å². The fourth-order valence-corrected chi connectivity index (χ4v) is 2.95. The molecule has 0 bridgehead atoms. The van der Waals surface area contributed by atoms with Gasteiger partial charge in [-0.25, -0.2) is 4.79 Å². The van der Waals surface area contributed by atoms with Crippen LogP contribution in [0.1, 0.15) is 24.2 Å². The lowest BCUT2D eigenvalue weighted by Gasteiger charge is -2.02. The Balaban J connectivity index is 1.83. The molecule has 1 unspecified atom stereocenters. The first-order valence-electron chi connectivity index (χ1n) is 6.59. The maximum Gasteiger partial charge on any atom is 0.330 e. The second-order valence-corrected chi connectivity index (χ2v) is 6.98. The summed E-state index contributed by atoms with van der Waals surface area (Å²) in [6.07, 6.45) is 2.32. The number of ether oxygens (including phenoxy) is 1. The Labute approximate surface area is 133 Å². The van der Waals surface area contributed by atoms with Crippen LogP contribution in [0.2, 0.25) is 0 Å². The maximum atomic E-state index is 11.8. The van der Waals surface area contributed by atoms with E-state index >= 15 is 0 Å². The number of hydrogen-bond donors (Lipinski definition) is 0. The van der Waals surface area contributed by atoms with E-state index < -0.39 is 10.3 Å². The van der Waals surface area contributed by atoms with E-state index in [9.17, 15) is 9.59 Å². The molecule has 0 saturated heterocycles. The summed E-state index contributed by atoms with van der Waals surface area (Å²) >= 11 is 12.2. The molecule has 5 heteroatoms. The lowest BCUT2D eigenvalue weighted by molar-refractivity contribution is -0.138. The number of ketones is 1. The number of rotatable bonds is 5. The van der Waals surface area contributed by atoms with Gasteiger partial charge in [-0.05, 0) is 6.08 Å². The summed E-state index contributed by atoms with van der Waals surface area (Å²) in [5, 5.41) is 0. The highest BCUT2D eigenvalue weighted by Crippen LogP contribution is 2.68. The molecule has 1 fully saturated rings. The molecule has 1 aromatic carbocycles. The Morgan fingerprint density at radius 1 is 1.19 bits per heavy atom. The van der Waals surface area contributed by atoms with E-state index in [4.69, 9.17) is 27.9 Å². The molecule has 21 heavy (non-hydrogen) atoms. The molecule has 0 radical (unpaired) electrons. The van der Waals surface area contributed by atoms with Gasteiger partial charge < -0.3 is 4.74 Å². The predicted octanol–water partition coefficient (Wildman–Crippen LogP) is 3.80. The van der Waals surface area contributed by atoms with E-state index in [2.05, 4.69) is 0 Å². The molecule has 1 aromatic rings. The fraction of sp³-hybridized carbons (Fsp3) is 0.375. The van der Waals surface area contributed by atoms with E-state index in [1.165, 1.54) is 6.08 Å². The summed E-state index contributed by atoms with van der Waals surface area (Å²) < 4.78 is 4.21. The Kier molecular flexibility index (Phi) is 4.45. The van der Waals surface area contributed by atoms with Crippen molar-refractivity contribution in [1.82, 2.24) is 0 Å². The van der Waals surface area contributed by atoms with Crippen molar-refractivity contribution < 1.29 is 14.3 Å². The normalized spacial score (nSPS) is 22.0. The van der Waals surface area contributed by atoms with Crippen molar-refractivity contribution in [1.29, 1.82) is 0 Å². The first-order chi connectivity index (χ1) is 9.76. The van der Waals surface area contributed by atoms with Gasteiger partial charge in [0, 0.05) is 23.0 Å². The lowest BCUT2D eigenvalue weighted by Crippen LogP contribution is -2.08. The van der Waals surface area contributed by atoms with Crippen LogP contribution in [0.4, 0.5) is 0 Å². The molecule has 112 valence electrons. The van der Waals surface area contributed by atoms with E-state index in [-0.39, 0.29) is 23.7 Å². The van der Waals surface area contributed by atoms with Gasteiger partial charge in [0.25, 0.3) is 0 Å². The molecule has 2 rings (SSSR count). The average Bonchev–Trinajstić information content (AvgIpc) is 2.84. The third-order valence-corrected chi connectivity index (χ3v) is 5.41. The second kappa shape index (κ2) is 5.82. The molecule has 0 heterocycles. The van der Waals surface area contributed by atoms with Gasteiger partial charge in [0.05, 0.1) is 6.61 Å². The molecule has 0 aliphatic heterocycles. The zero-order valence-corrected chi connectivity index (χ0v) is 13.3. The zero-order chi connectivity index (χ0) is 15.7. The number of benzene rings is 1. The van der Waals surface area contributed by atoms with E-state index in [0.717, 1.165) is 6.08 Å². The predicted molar refractivity (Wildman–Crippen MR) is 82.6 cm³/mol. The minimum atomic E-state index is -0.864. The number of esters is 1. The number of carbonyl (C=O) groups excluding carboxylic acids is 2. The summed E-state index contributed by atoms with van der Waals surface area (Å²) in [4.78, 5) is 23.4. The average molecular weight is 327 g/mol. The molecule has 0 N–H and O–H groups in total. The summed E-state index contributed by atoms with van der Waals surface area (Å²) in [7, 11) is 0. The van der Waals surface area contributed by atoms with Gasteiger partial charge in [0.2, 0.25) is 0 Å². The molecule has 3 nitrogen and oxygen atoms in total. The smallest absolute Gasteiger partial charge is 0.330 e. The molecule has 0 amide bonds. The Morgan fingerprint density at radius 2 is 1.76 bits per heavy atom. The van der Waals surface area contributed by atoms with Crippen LogP contribution in [-0.4, -0.2) is 22.7 Å². The van der Waals surface area contributed by atoms with Crippen LogP contribution < -0.4 is 0 Å². The van der Waals surface area contributed by atoms with Crippen molar-refractivity contribution in [3.05, 3.63) is 48.0 Å². The Bertz CT molecular complexity index is 562. The molecular formula is C16H16Cl2O3.